The number of piperidine rings is 1. The Balaban J connectivity index is 1.55. The van der Waals surface area contributed by atoms with Gasteiger partial charge in [-0.05, 0) is 37.5 Å². The first-order valence-corrected chi connectivity index (χ1v) is 10.4. The van der Waals surface area contributed by atoms with Crippen molar-refractivity contribution in [3.63, 3.8) is 0 Å². The second kappa shape index (κ2) is 10.4. The largest absolute Gasteiger partial charge is 0.469 e. The molecule has 10 nitrogen and oxygen atoms in total. The van der Waals surface area contributed by atoms with Gasteiger partial charge in [0.2, 0.25) is 0 Å². The van der Waals surface area contributed by atoms with Crippen molar-refractivity contribution in [1.82, 2.24) is 9.80 Å². The maximum Gasteiger partial charge on any atom is 0.338 e. The summed E-state index contributed by atoms with van der Waals surface area (Å²) in [5.41, 5.74) is 0.451. The molecule has 0 radical (unpaired) electrons. The standard InChI is InChI=1S/C22H26N2O8/c1-30-11-3-8-24-19(26)16-5-4-15(12-17(16)20(24)27)22(29)32-13-18(25)23-9-6-14(7-10-23)21(28)31-2/h4-5,12,14H,3,6-11,13H2,1-2H3. The van der Waals surface area contributed by atoms with Crippen molar-refractivity contribution in [3.8, 4) is 0 Å². The Morgan fingerprint density at radius 3 is 2.38 bits per heavy atom. The van der Waals surface area contributed by atoms with Crippen LogP contribution in [0.1, 0.15) is 50.3 Å². The van der Waals surface area contributed by atoms with E-state index in [4.69, 9.17) is 14.2 Å². The predicted molar refractivity (Wildman–Crippen MR) is 110 cm³/mol. The fourth-order valence-electron chi connectivity index (χ4n) is 3.82. The number of hydrogen-bond donors (Lipinski definition) is 0. The number of nitrogens with zero attached hydrogens (tertiary/aromatic N) is 2. The predicted octanol–water partition coefficient (Wildman–Crippen LogP) is 0.888. The van der Waals surface area contributed by atoms with E-state index in [1.54, 1.807) is 0 Å². The van der Waals surface area contributed by atoms with Gasteiger partial charge < -0.3 is 19.1 Å². The highest BCUT2D eigenvalue weighted by molar-refractivity contribution is 6.22. The summed E-state index contributed by atoms with van der Waals surface area (Å²) in [6.45, 7) is 0.949. The van der Waals surface area contributed by atoms with Gasteiger partial charge in [-0.1, -0.05) is 0 Å². The van der Waals surface area contributed by atoms with E-state index in [1.807, 2.05) is 0 Å². The van der Waals surface area contributed by atoms with Crippen LogP contribution >= 0.6 is 0 Å². The number of benzene rings is 1. The molecule has 0 saturated carbocycles. The minimum Gasteiger partial charge on any atom is -0.469 e. The summed E-state index contributed by atoms with van der Waals surface area (Å²) in [4.78, 5) is 64.0. The van der Waals surface area contributed by atoms with Gasteiger partial charge in [0.15, 0.2) is 6.61 Å². The molecule has 10 heteroatoms. The molecule has 0 N–H and O–H groups in total. The van der Waals surface area contributed by atoms with Gasteiger partial charge in [-0.2, -0.15) is 0 Å². The molecule has 0 aliphatic carbocycles. The SMILES string of the molecule is COCCCN1C(=O)c2ccc(C(=O)OCC(=O)N3CCC(C(=O)OC)CC3)cc2C1=O. The molecule has 3 amide bonds. The molecule has 1 saturated heterocycles. The minimum absolute atomic E-state index is 0.0841. The first-order valence-electron chi connectivity index (χ1n) is 10.4. The number of amides is 3. The fourth-order valence-corrected chi connectivity index (χ4v) is 3.82. The molecule has 1 aromatic carbocycles. The van der Waals surface area contributed by atoms with E-state index >= 15 is 0 Å². The highest BCUT2D eigenvalue weighted by atomic mass is 16.5. The highest BCUT2D eigenvalue weighted by Crippen LogP contribution is 2.25. The summed E-state index contributed by atoms with van der Waals surface area (Å²) >= 11 is 0. The molecule has 0 atom stereocenters. The van der Waals surface area contributed by atoms with Crippen molar-refractivity contribution < 1.29 is 38.2 Å². The molecule has 0 unspecified atom stereocenters. The molecule has 2 aliphatic heterocycles. The number of fused-ring (bicyclic) bond motifs is 1. The van der Waals surface area contributed by atoms with E-state index in [0.29, 0.717) is 39.0 Å². The summed E-state index contributed by atoms with van der Waals surface area (Å²) < 4.78 is 14.8. The van der Waals surface area contributed by atoms with Crippen LogP contribution in [-0.4, -0.2) is 86.5 Å². The minimum atomic E-state index is -0.760. The number of ether oxygens (including phenoxy) is 3. The zero-order chi connectivity index (χ0) is 23.3. The van der Waals surface area contributed by atoms with E-state index in [-0.39, 0.29) is 41.0 Å². The molecular formula is C22H26N2O8. The van der Waals surface area contributed by atoms with Gasteiger partial charge in [0.1, 0.15) is 0 Å². The Hall–Kier alpha value is -3.27. The van der Waals surface area contributed by atoms with Crippen LogP contribution in [0.2, 0.25) is 0 Å². The van der Waals surface area contributed by atoms with E-state index in [1.165, 1.54) is 37.3 Å². The Morgan fingerprint density at radius 2 is 1.72 bits per heavy atom. The van der Waals surface area contributed by atoms with Gasteiger partial charge >= 0.3 is 11.9 Å². The zero-order valence-electron chi connectivity index (χ0n) is 18.1. The first-order chi connectivity index (χ1) is 15.4. The Bertz CT molecular complexity index is 921. The van der Waals surface area contributed by atoms with Gasteiger partial charge in [-0.25, -0.2) is 4.79 Å². The van der Waals surface area contributed by atoms with E-state index < -0.39 is 24.4 Å². The van der Waals surface area contributed by atoms with Crippen LogP contribution in [0.4, 0.5) is 0 Å². The highest BCUT2D eigenvalue weighted by Gasteiger charge is 2.36. The van der Waals surface area contributed by atoms with Crippen molar-refractivity contribution in [2.75, 3.05) is 47.1 Å². The monoisotopic (exact) mass is 446 g/mol. The van der Waals surface area contributed by atoms with Crippen molar-refractivity contribution in [3.05, 3.63) is 34.9 Å². The van der Waals surface area contributed by atoms with Gasteiger partial charge in [0.05, 0.1) is 29.7 Å². The third-order valence-electron chi connectivity index (χ3n) is 5.65. The van der Waals surface area contributed by atoms with Crippen LogP contribution in [0.15, 0.2) is 18.2 Å². The Labute approximate surface area is 185 Å². The maximum absolute atomic E-state index is 12.6. The van der Waals surface area contributed by atoms with E-state index in [0.717, 1.165) is 4.90 Å². The lowest BCUT2D eigenvalue weighted by molar-refractivity contribution is -0.149. The molecular weight excluding hydrogens is 420 g/mol. The van der Waals surface area contributed by atoms with Gasteiger partial charge in [-0.3, -0.25) is 24.1 Å². The number of carbonyl (C=O) groups is 5. The molecule has 172 valence electrons. The third kappa shape index (κ3) is 4.96. The first kappa shape index (κ1) is 23.4. The number of likely N-dealkylation sites (tertiary alicyclic amines) is 1. The number of hydrogen-bond acceptors (Lipinski definition) is 8. The van der Waals surface area contributed by atoms with Gasteiger partial charge in [0.25, 0.3) is 17.7 Å². The van der Waals surface area contributed by atoms with Crippen molar-refractivity contribution >= 4 is 29.7 Å². The third-order valence-corrected chi connectivity index (χ3v) is 5.65. The van der Waals surface area contributed by atoms with Crippen molar-refractivity contribution in [1.29, 1.82) is 0 Å². The number of carbonyl (C=O) groups excluding carboxylic acids is 5. The summed E-state index contributed by atoms with van der Waals surface area (Å²) in [5, 5.41) is 0. The molecule has 0 spiro atoms. The Morgan fingerprint density at radius 1 is 1.03 bits per heavy atom. The van der Waals surface area contributed by atoms with Crippen LogP contribution in [0, 0.1) is 5.92 Å². The maximum atomic E-state index is 12.6. The molecule has 2 aliphatic rings. The van der Waals surface area contributed by atoms with E-state index in [9.17, 15) is 24.0 Å². The van der Waals surface area contributed by atoms with Crippen molar-refractivity contribution in [2.45, 2.75) is 19.3 Å². The summed E-state index contributed by atoms with van der Waals surface area (Å²) in [7, 11) is 2.87. The fraction of sp³-hybridized carbons (Fsp3) is 0.500. The Kier molecular flexibility index (Phi) is 7.57. The summed E-state index contributed by atoms with van der Waals surface area (Å²) in [6.07, 6.45) is 1.50. The molecule has 32 heavy (non-hydrogen) atoms. The van der Waals surface area contributed by atoms with E-state index in [2.05, 4.69) is 0 Å². The average molecular weight is 446 g/mol. The molecule has 1 aromatic rings. The molecule has 0 aromatic heterocycles. The number of imide groups is 1. The molecule has 1 fully saturated rings. The second-order valence-electron chi connectivity index (χ2n) is 7.62. The van der Waals surface area contributed by atoms with Gasteiger partial charge in [0, 0.05) is 33.4 Å². The van der Waals surface area contributed by atoms with Crippen LogP contribution < -0.4 is 0 Å². The van der Waals surface area contributed by atoms with Crippen LogP contribution in [-0.2, 0) is 23.8 Å². The number of methoxy groups -OCH3 is 2. The quantitative estimate of drug-likeness (QED) is 0.328. The lowest BCUT2D eigenvalue weighted by Gasteiger charge is -2.30. The summed E-state index contributed by atoms with van der Waals surface area (Å²) in [5.74, 6) is -2.52. The van der Waals surface area contributed by atoms with Crippen LogP contribution in [0.5, 0.6) is 0 Å². The van der Waals surface area contributed by atoms with Crippen LogP contribution in [0.25, 0.3) is 0 Å². The average Bonchev–Trinajstić information content (AvgIpc) is 3.06. The lowest BCUT2D eigenvalue weighted by Crippen LogP contribution is -2.42. The molecule has 2 heterocycles. The van der Waals surface area contributed by atoms with Crippen molar-refractivity contribution in [2.24, 2.45) is 5.92 Å². The number of rotatable bonds is 8. The normalized spacial score (nSPS) is 16.2. The van der Waals surface area contributed by atoms with Crippen LogP contribution in [0.3, 0.4) is 0 Å². The smallest absolute Gasteiger partial charge is 0.338 e. The molecule has 3 rings (SSSR count). The molecule has 0 bridgehead atoms. The summed E-state index contributed by atoms with van der Waals surface area (Å²) in [6, 6.07) is 4.14. The second-order valence-corrected chi connectivity index (χ2v) is 7.62. The van der Waals surface area contributed by atoms with Gasteiger partial charge in [-0.15, -0.1) is 0 Å². The zero-order valence-corrected chi connectivity index (χ0v) is 18.1. The lowest BCUT2D eigenvalue weighted by atomic mass is 9.97. The topological polar surface area (TPSA) is 120 Å². The number of esters is 2.